The number of amides is 1. The van der Waals surface area contributed by atoms with Crippen molar-refractivity contribution in [3.63, 3.8) is 0 Å². The molecule has 1 aromatic heterocycles. The van der Waals surface area contributed by atoms with Crippen molar-refractivity contribution in [2.75, 3.05) is 4.90 Å². The number of fused-ring (bicyclic) bond motifs is 1. The van der Waals surface area contributed by atoms with Gasteiger partial charge in [0.15, 0.2) is 11.5 Å². The maximum absolute atomic E-state index is 13.5. The van der Waals surface area contributed by atoms with E-state index in [1.807, 2.05) is 72.4 Å². The van der Waals surface area contributed by atoms with Crippen LogP contribution in [-0.4, -0.2) is 21.4 Å². The SMILES string of the molecule is Cn1cc(C2C(C(=O)CCc3ccccc3)=C(O)C(=O)N2c2ccc(Cl)cc2)c2ccccc21. The van der Waals surface area contributed by atoms with Crippen LogP contribution < -0.4 is 4.90 Å². The van der Waals surface area contributed by atoms with Gasteiger partial charge < -0.3 is 9.67 Å². The van der Waals surface area contributed by atoms with E-state index in [-0.39, 0.29) is 17.8 Å². The van der Waals surface area contributed by atoms with Gasteiger partial charge >= 0.3 is 0 Å². The fourth-order valence-electron chi connectivity index (χ4n) is 4.68. The van der Waals surface area contributed by atoms with Crippen LogP contribution in [0.25, 0.3) is 10.9 Å². The highest BCUT2D eigenvalue weighted by Gasteiger charge is 2.45. The fourth-order valence-corrected chi connectivity index (χ4v) is 4.81. The van der Waals surface area contributed by atoms with Crippen LogP contribution in [0.15, 0.2) is 96.4 Å². The van der Waals surface area contributed by atoms with E-state index < -0.39 is 17.7 Å². The van der Waals surface area contributed by atoms with Gasteiger partial charge in [-0.25, -0.2) is 0 Å². The van der Waals surface area contributed by atoms with E-state index in [0.29, 0.717) is 17.1 Å². The number of hydrogen-bond donors (Lipinski definition) is 1. The minimum absolute atomic E-state index is 0.132. The molecule has 4 aromatic rings. The van der Waals surface area contributed by atoms with Crippen molar-refractivity contribution in [1.82, 2.24) is 4.57 Å². The monoisotopic (exact) mass is 470 g/mol. The minimum atomic E-state index is -0.747. The van der Waals surface area contributed by atoms with Crippen molar-refractivity contribution < 1.29 is 14.7 Å². The number of nitrogens with zero attached hydrogens (tertiary/aromatic N) is 2. The first-order chi connectivity index (χ1) is 16.5. The van der Waals surface area contributed by atoms with Gasteiger partial charge in [-0.3, -0.25) is 14.5 Å². The van der Waals surface area contributed by atoms with E-state index in [4.69, 9.17) is 11.6 Å². The van der Waals surface area contributed by atoms with Crippen molar-refractivity contribution in [2.24, 2.45) is 7.05 Å². The molecule has 0 bridgehead atoms. The number of ketones is 1. The average Bonchev–Trinajstić information content (AvgIpc) is 3.32. The molecule has 34 heavy (non-hydrogen) atoms. The number of carbonyl (C=O) groups is 2. The average molecular weight is 471 g/mol. The second-order valence-electron chi connectivity index (χ2n) is 8.44. The number of anilines is 1. The van der Waals surface area contributed by atoms with Gasteiger partial charge in [0.1, 0.15) is 0 Å². The Hall–Kier alpha value is -3.83. The van der Waals surface area contributed by atoms with Crippen molar-refractivity contribution >= 4 is 39.9 Å². The van der Waals surface area contributed by atoms with Crippen LogP contribution in [-0.2, 0) is 23.1 Å². The molecule has 170 valence electrons. The topological polar surface area (TPSA) is 62.5 Å². The van der Waals surface area contributed by atoms with Gasteiger partial charge in [-0.05, 0) is 42.3 Å². The van der Waals surface area contributed by atoms with Gasteiger partial charge in [0.05, 0.1) is 11.6 Å². The number of para-hydroxylation sites is 1. The number of aliphatic hydroxyl groups is 1. The van der Waals surface area contributed by atoms with Crippen molar-refractivity contribution in [1.29, 1.82) is 0 Å². The maximum Gasteiger partial charge on any atom is 0.294 e. The number of benzene rings is 3. The molecular formula is C28H23ClN2O3. The first-order valence-corrected chi connectivity index (χ1v) is 11.5. The van der Waals surface area contributed by atoms with E-state index in [0.717, 1.165) is 22.0 Å². The lowest BCUT2D eigenvalue weighted by atomic mass is 9.92. The summed E-state index contributed by atoms with van der Waals surface area (Å²) < 4.78 is 1.97. The Bertz CT molecular complexity index is 1420. The molecule has 6 heteroatoms. The van der Waals surface area contributed by atoms with Crippen LogP contribution in [0.4, 0.5) is 5.69 Å². The lowest BCUT2D eigenvalue weighted by Crippen LogP contribution is -2.31. The molecule has 0 radical (unpaired) electrons. The number of aromatic nitrogens is 1. The third-order valence-electron chi connectivity index (χ3n) is 6.32. The van der Waals surface area contributed by atoms with E-state index in [2.05, 4.69) is 0 Å². The second-order valence-corrected chi connectivity index (χ2v) is 8.87. The van der Waals surface area contributed by atoms with Crippen LogP contribution in [0, 0.1) is 0 Å². The lowest BCUT2D eigenvalue weighted by Gasteiger charge is -2.26. The van der Waals surface area contributed by atoms with Gasteiger partial charge in [-0.1, -0.05) is 60.1 Å². The first kappa shape index (κ1) is 22.0. The molecular weight excluding hydrogens is 448 g/mol. The van der Waals surface area contributed by atoms with Crippen molar-refractivity contribution in [3.8, 4) is 0 Å². The standard InChI is InChI=1S/C28H23ClN2O3/c1-30-17-22(21-9-5-6-10-23(21)30)26-25(24(32)16-11-18-7-3-2-4-8-18)27(33)28(34)31(26)20-14-12-19(29)13-15-20/h2-10,12-15,17,26,33H,11,16H2,1H3. The van der Waals surface area contributed by atoms with Crippen LogP contribution >= 0.6 is 11.6 Å². The molecule has 1 N–H and O–H groups in total. The Balaban J connectivity index is 1.61. The third-order valence-corrected chi connectivity index (χ3v) is 6.57. The highest BCUT2D eigenvalue weighted by atomic mass is 35.5. The molecule has 0 fully saturated rings. The maximum atomic E-state index is 13.5. The third kappa shape index (κ3) is 3.78. The van der Waals surface area contributed by atoms with Gasteiger partial charge in [0, 0.05) is 46.8 Å². The van der Waals surface area contributed by atoms with Gasteiger partial charge in [-0.2, -0.15) is 0 Å². The number of aliphatic hydroxyl groups excluding tert-OH is 1. The Morgan fingerprint density at radius 1 is 0.971 bits per heavy atom. The molecule has 0 saturated heterocycles. The van der Waals surface area contributed by atoms with Crippen molar-refractivity contribution in [2.45, 2.75) is 18.9 Å². The lowest BCUT2D eigenvalue weighted by molar-refractivity contribution is -0.118. The normalized spacial score (nSPS) is 16.0. The Morgan fingerprint density at radius 2 is 1.65 bits per heavy atom. The summed E-state index contributed by atoms with van der Waals surface area (Å²) in [4.78, 5) is 28.3. The summed E-state index contributed by atoms with van der Waals surface area (Å²) in [5, 5.41) is 12.4. The molecule has 2 heterocycles. The summed E-state index contributed by atoms with van der Waals surface area (Å²) in [7, 11) is 1.93. The van der Waals surface area contributed by atoms with Crippen LogP contribution in [0.1, 0.15) is 23.6 Å². The number of halogens is 1. The molecule has 0 saturated carbocycles. The molecule has 1 aliphatic heterocycles. The largest absolute Gasteiger partial charge is 0.503 e. The Kier molecular flexibility index (Phi) is 5.72. The van der Waals surface area contributed by atoms with E-state index in [1.165, 1.54) is 4.90 Å². The molecule has 1 amide bonds. The molecule has 0 aliphatic carbocycles. The second kappa shape index (κ2) is 8.84. The summed E-state index contributed by atoms with van der Waals surface area (Å²) in [6.45, 7) is 0. The molecule has 1 atom stereocenters. The minimum Gasteiger partial charge on any atom is -0.503 e. The molecule has 5 nitrogen and oxygen atoms in total. The summed E-state index contributed by atoms with van der Waals surface area (Å²) in [6, 6.07) is 23.6. The summed E-state index contributed by atoms with van der Waals surface area (Å²) in [5.41, 5.74) is 3.48. The van der Waals surface area contributed by atoms with Crippen LogP contribution in [0.2, 0.25) is 5.02 Å². The zero-order valence-electron chi connectivity index (χ0n) is 18.6. The van der Waals surface area contributed by atoms with E-state index in [1.54, 1.807) is 24.3 Å². The summed E-state index contributed by atoms with van der Waals surface area (Å²) in [5.74, 6) is -1.33. The fraction of sp³-hybridized carbons (Fsp3) is 0.143. The summed E-state index contributed by atoms with van der Waals surface area (Å²) >= 11 is 6.08. The number of aryl methyl sites for hydroxylation is 2. The predicted molar refractivity (Wildman–Crippen MR) is 134 cm³/mol. The predicted octanol–water partition coefficient (Wildman–Crippen LogP) is 5.93. The molecule has 1 unspecified atom stereocenters. The zero-order chi connectivity index (χ0) is 23.8. The number of carbonyl (C=O) groups excluding carboxylic acids is 2. The smallest absolute Gasteiger partial charge is 0.294 e. The van der Waals surface area contributed by atoms with Gasteiger partial charge in [-0.15, -0.1) is 0 Å². The van der Waals surface area contributed by atoms with Gasteiger partial charge in [0.2, 0.25) is 0 Å². The zero-order valence-corrected chi connectivity index (χ0v) is 19.4. The van der Waals surface area contributed by atoms with E-state index in [9.17, 15) is 14.7 Å². The van der Waals surface area contributed by atoms with Gasteiger partial charge in [0.25, 0.3) is 5.91 Å². The number of rotatable bonds is 6. The van der Waals surface area contributed by atoms with Crippen molar-refractivity contribution in [3.05, 3.63) is 113 Å². The Morgan fingerprint density at radius 3 is 2.38 bits per heavy atom. The molecule has 0 spiro atoms. The first-order valence-electron chi connectivity index (χ1n) is 11.1. The highest BCUT2D eigenvalue weighted by Crippen LogP contribution is 2.44. The number of hydrogen-bond acceptors (Lipinski definition) is 3. The van der Waals surface area contributed by atoms with Crippen LogP contribution in [0.3, 0.4) is 0 Å². The van der Waals surface area contributed by atoms with E-state index >= 15 is 0 Å². The highest BCUT2D eigenvalue weighted by molar-refractivity contribution is 6.30. The summed E-state index contributed by atoms with van der Waals surface area (Å²) in [6.07, 6.45) is 2.63. The molecule has 3 aromatic carbocycles. The Labute approximate surface area is 202 Å². The quantitative estimate of drug-likeness (QED) is 0.379. The van der Waals surface area contributed by atoms with Crippen LogP contribution in [0.5, 0.6) is 0 Å². The molecule has 1 aliphatic rings. The molecule has 5 rings (SSSR count). The number of Topliss-reactive ketones (excluding diaryl/α,β-unsaturated/α-hetero) is 1.